The summed E-state index contributed by atoms with van der Waals surface area (Å²) >= 11 is 3.85. The molecule has 2 nitrogen and oxygen atoms in total. The molecule has 2 atom stereocenters. The van der Waals surface area contributed by atoms with Crippen LogP contribution in [0.4, 0.5) is 0 Å². The van der Waals surface area contributed by atoms with Crippen molar-refractivity contribution in [3.63, 3.8) is 0 Å². The maximum absolute atomic E-state index is 5.09. The smallest absolute Gasteiger partial charge is 0.0802 e. The molecule has 0 bridgehead atoms. The van der Waals surface area contributed by atoms with Gasteiger partial charge in [-0.1, -0.05) is 60.7 Å². The number of benzene rings is 2. The number of aliphatic imine (C=N–C) groups is 2. The van der Waals surface area contributed by atoms with E-state index in [2.05, 4.69) is 74.5 Å². The first kappa shape index (κ1) is 18.8. The Kier molecular flexibility index (Phi) is 5.74. The van der Waals surface area contributed by atoms with Crippen molar-refractivity contribution in [1.82, 2.24) is 0 Å². The lowest BCUT2D eigenvalue weighted by atomic mass is 9.95. The zero-order chi connectivity index (χ0) is 18.7. The lowest BCUT2D eigenvalue weighted by Crippen LogP contribution is -2.28. The molecule has 0 N–H and O–H groups in total. The van der Waals surface area contributed by atoms with E-state index in [-0.39, 0.29) is 5.41 Å². The van der Waals surface area contributed by atoms with Crippen LogP contribution in [0.5, 0.6) is 0 Å². The zero-order valence-corrected chi connectivity index (χ0v) is 17.6. The van der Waals surface area contributed by atoms with E-state index in [1.165, 1.54) is 21.2 Å². The van der Waals surface area contributed by atoms with Crippen LogP contribution < -0.4 is 0 Å². The van der Waals surface area contributed by atoms with Crippen molar-refractivity contribution in [2.45, 2.75) is 38.8 Å². The van der Waals surface area contributed by atoms with Gasteiger partial charge in [-0.05, 0) is 37.8 Å². The first-order chi connectivity index (χ1) is 13.1. The van der Waals surface area contributed by atoms with Gasteiger partial charge >= 0.3 is 0 Å². The topological polar surface area (TPSA) is 24.7 Å². The Hall–Kier alpha value is -1.52. The van der Waals surface area contributed by atoms with Crippen molar-refractivity contribution in [3.8, 4) is 0 Å². The number of thioether (sulfide) groups is 2. The molecule has 27 heavy (non-hydrogen) atoms. The maximum Gasteiger partial charge on any atom is 0.0802 e. The summed E-state index contributed by atoms with van der Waals surface area (Å²) in [4.78, 5) is 10.2. The van der Waals surface area contributed by atoms with Gasteiger partial charge in [0.1, 0.15) is 0 Å². The van der Waals surface area contributed by atoms with E-state index >= 15 is 0 Å². The van der Waals surface area contributed by atoms with Gasteiger partial charge in [0.25, 0.3) is 0 Å². The van der Waals surface area contributed by atoms with Crippen LogP contribution in [0.25, 0.3) is 0 Å². The molecule has 2 aromatic rings. The van der Waals surface area contributed by atoms with E-state index in [9.17, 15) is 0 Å². The predicted molar refractivity (Wildman–Crippen MR) is 121 cm³/mol. The highest BCUT2D eigenvalue weighted by atomic mass is 32.2. The van der Waals surface area contributed by atoms with E-state index in [0.29, 0.717) is 12.1 Å². The van der Waals surface area contributed by atoms with Gasteiger partial charge < -0.3 is 0 Å². The minimum atomic E-state index is -0.0633. The normalized spacial score (nSPS) is 22.6. The second kappa shape index (κ2) is 8.24. The highest BCUT2D eigenvalue weighted by Crippen LogP contribution is 2.39. The van der Waals surface area contributed by atoms with Crippen LogP contribution in [0.1, 0.15) is 25.0 Å². The molecule has 4 heteroatoms. The van der Waals surface area contributed by atoms with Gasteiger partial charge in [-0.3, -0.25) is 9.98 Å². The van der Waals surface area contributed by atoms with Crippen LogP contribution in [0.3, 0.4) is 0 Å². The third kappa shape index (κ3) is 4.49. The molecule has 0 spiro atoms. The maximum atomic E-state index is 5.09. The molecule has 0 aromatic heterocycles. The van der Waals surface area contributed by atoms with Crippen LogP contribution in [-0.2, 0) is 12.8 Å². The molecule has 2 aliphatic heterocycles. The van der Waals surface area contributed by atoms with Gasteiger partial charge in [-0.15, -0.1) is 23.5 Å². The lowest BCUT2D eigenvalue weighted by Gasteiger charge is -2.23. The summed E-state index contributed by atoms with van der Waals surface area (Å²) in [5, 5.41) is 2.52. The fourth-order valence-electron chi connectivity index (χ4n) is 3.59. The number of nitrogens with zero attached hydrogens (tertiary/aromatic N) is 2. The van der Waals surface area contributed by atoms with Crippen molar-refractivity contribution in [2.24, 2.45) is 15.4 Å². The molecular weight excluding hydrogens is 368 g/mol. The Balaban J connectivity index is 1.43. The molecule has 0 amide bonds. The van der Waals surface area contributed by atoms with Crippen molar-refractivity contribution in [1.29, 1.82) is 0 Å². The van der Waals surface area contributed by atoms with Gasteiger partial charge in [-0.25, -0.2) is 0 Å². The van der Waals surface area contributed by atoms with Gasteiger partial charge in [-0.2, -0.15) is 0 Å². The van der Waals surface area contributed by atoms with Crippen molar-refractivity contribution < 1.29 is 0 Å². The Morgan fingerprint density at radius 2 is 1.15 bits per heavy atom. The van der Waals surface area contributed by atoms with Gasteiger partial charge in [0.2, 0.25) is 0 Å². The average Bonchev–Trinajstić information content (AvgIpc) is 3.34. The molecule has 4 rings (SSSR count). The molecule has 2 aliphatic rings. The van der Waals surface area contributed by atoms with Crippen LogP contribution in [-0.4, -0.2) is 33.7 Å². The van der Waals surface area contributed by atoms with E-state index in [1.54, 1.807) is 0 Å². The second-order valence-electron chi connectivity index (χ2n) is 7.80. The molecule has 0 saturated heterocycles. The highest BCUT2D eigenvalue weighted by Gasteiger charge is 2.38. The SMILES string of the molecule is CC(C)(C1=N[C@H](Cc2ccccc2)CS1)C1=N[C@H](Cc2ccccc2)CS1. The highest BCUT2D eigenvalue weighted by molar-refractivity contribution is 8.16. The fourth-order valence-corrected chi connectivity index (χ4v) is 6.10. The molecule has 140 valence electrons. The summed E-state index contributed by atoms with van der Waals surface area (Å²) in [6.45, 7) is 4.58. The molecule has 0 unspecified atom stereocenters. The molecule has 0 saturated carbocycles. The molecule has 0 aliphatic carbocycles. The van der Waals surface area contributed by atoms with Crippen molar-refractivity contribution >= 4 is 33.6 Å². The average molecular weight is 395 g/mol. The summed E-state index contributed by atoms with van der Waals surface area (Å²) < 4.78 is 0. The lowest BCUT2D eigenvalue weighted by molar-refractivity contribution is 0.704. The van der Waals surface area contributed by atoms with Gasteiger partial charge in [0.05, 0.1) is 27.6 Å². The largest absolute Gasteiger partial charge is 0.277 e. The summed E-state index contributed by atoms with van der Waals surface area (Å²) in [5.74, 6) is 2.16. The van der Waals surface area contributed by atoms with Crippen molar-refractivity contribution in [3.05, 3.63) is 71.8 Å². The quantitative estimate of drug-likeness (QED) is 0.644. The molecule has 0 fully saturated rings. The Morgan fingerprint density at radius 3 is 1.56 bits per heavy atom. The van der Waals surface area contributed by atoms with E-state index in [1.807, 2.05) is 23.5 Å². The second-order valence-corrected chi connectivity index (χ2v) is 9.82. The minimum Gasteiger partial charge on any atom is -0.277 e. The standard InChI is InChI=1S/C23H26N2S2/c1-23(2,21-24-19(15-26-21)13-17-9-5-3-6-10-17)22-25-20(16-27-22)14-18-11-7-4-8-12-18/h3-12,19-20H,13-16H2,1-2H3/t19-,20-/m1/s1. The Labute approximate surface area is 171 Å². The van der Waals surface area contributed by atoms with E-state index in [4.69, 9.17) is 9.98 Å². The van der Waals surface area contributed by atoms with Crippen LogP contribution in [0.15, 0.2) is 70.6 Å². The van der Waals surface area contributed by atoms with Gasteiger partial charge in [0, 0.05) is 11.5 Å². The van der Waals surface area contributed by atoms with Crippen LogP contribution >= 0.6 is 23.5 Å². The van der Waals surface area contributed by atoms with E-state index in [0.717, 1.165) is 24.3 Å². The summed E-state index contributed by atoms with van der Waals surface area (Å²) in [5.41, 5.74) is 2.69. The third-order valence-electron chi connectivity index (χ3n) is 5.12. The Bertz CT molecular complexity index is 758. The first-order valence-electron chi connectivity index (χ1n) is 9.61. The number of hydrogen-bond acceptors (Lipinski definition) is 4. The van der Waals surface area contributed by atoms with E-state index < -0.39 is 0 Å². The fraction of sp³-hybridized carbons (Fsp3) is 0.391. The monoisotopic (exact) mass is 394 g/mol. The van der Waals surface area contributed by atoms with Crippen molar-refractivity contribution in [2.75, 3.05) is 11.5 Å². The summed E-state index contributed by atoms with van der Waals surface area (Å²) in [6.07, 6.45) is 2.06. The Morgan fingerprint density at radius 1 is 0.741 bits per heavy atom. The molecule has 2 heterocycles. The third-order valence-corrected chi connectivity index (χ3v) is 8.00. The van der Waals surface area contributed by atoms with Gasteiger partial charge in [0.15, 0.2) is 0 Å². The molecule has 2 aromatic carbocycles. The first-order valence-corrected chi connectivity index (χ1v) is 11.6. The number of rotatable bonds is 6. The van der Waals surface area contributed by atoms with Crippen LogP contribution in [0, 0.1) is 5.41 Å². The summed E-state index contributed by atoms with van der Waals surface area (Å²) in [6, 6.07) is 22.2. The summed E-state index contributed by atoms with van der Waals surface area (Å²) in [7, 11) is 0. The molecular formula is C23H26N2S2. The zero-order valence-electron chi connectivity index (χ0n) is 16.0. The minimum absolute atomic E-state index is 0.0633. The molecule has 0 radical (unpaired) electrons. The number of hydrogen-bond donors (Lipinski definition) is 0. The van der Waals surface area contributed by atoms with Crippen LogP contribution in [0.2, 0.25) is 0 Å². The predicted octanol–water partition coefficient (Wildman–Crippen LogP) is 5.53.